The van der Waals surface area contributed by atoms with Crippen LogP contribution in [0.15, 0.2) is 48.5 Å². The monoisotopic (exact) mass is 1800 g/mol. The molecule has 10 fully saturated rings. The number of ether oxygens (including phenoxy) is 21. The van der Waals surface area contributed by atoms with Gasteiger partial charge in [0.2, 0.25) is 0 Å². The summed E-state index contributed by atoms with van der Waals surface area (Å²) in [5.41, 5.74) is 2.12. The fourth-order valence-electron chi connectivity index (χ4n) is 11.3. The lowest BCUT2D eigenvalue weighted by Crippen LogP contribution is -2.37. The van der Waals surface area contributed by atoms with E-state index in [1.807, 2.05) is 24.3 Å². The number of esters is 2. The highest BCUT2D eigenvalue weighted by atomic mass is 32.2. The number of benzene rings is 2. The van der Waals surface area contributed by atoms with Crippen LogP contribution in [0.3, 0.4) is 0 Å². The Hall–Kier alpha value is -4.96. The van der Waals surface area contributed by atoms with Gasteiger partial charge in [-0.1, -0.05) is 64.3 Å². The van der Waals surface area contributed by atoms with Crippen LogP contribution in [-0.2, 0) is 105 Å². The first-order valence-electron chi connectivity index (χ1n) is 38.2. The Morgan fingerprint density at radius 3 is 0.776 bits per heavy atom. The predicted octanol–water partition coefficient (Wildman–Crippen LogP) is 13.6. The van der Waals surface area contributed by atoms with Gasteiger partial charge < -0.3 is 99.5 Å². The number of carbonyl (C=O) groups is 11. The van der Waals surface area contributed by atoms with Gasteiger partial charge in [0.25, 0.3) is 0 Å². The van der Waals surface area contributed by atoms with Crippen molar-refractivity contribution < 1.29 is 152 Å². The lowest BCUT2D eigenvalue weighted by molar-refractivity contribution is -0.165. The third-order valence-corrected chi connectivity index (χ3v) is 25.4. The molecule has 32 nitrogen and oxygen atoms in total. The van der Waals surface area contributed by atoms with Gasteiger partial charge in [0.15, 0.2) is 0 Å². The van der Waals surface area contributed by atoms with Gasteiger partial charge in [0.05, 0.1) is 97.7 Å². The van der Waals surface area contributed by atoms with Crippen molar-refractivity contribution in [3.05, 3.63) is 59.7 Å². The van der Waals surface area contributed by atoms with Crippen molar-refractivity contribution in [3.63, 3.8) is 0 Å². The number of cyclic esters (lactones) is 9. The summed E-state index contributed by atoms with van der Waals surface area (Å²) in [5, 5.41) is -2.25. The molecule has 9 saturated heterocycles. The molecule has 11 atom stereocenters. The van der Waals surface area contributed by atoms with E-state index < -0.39 is 36.0 Å². The maximum atomic E-state index is 12.4. The molecule has 2 aromatic rings. The molecule has 116 heavy (non-hydrogen) atoms. The Balaban J connectivity index is 0.000000186. The quantitative estimate of drug-likeness (QED) is 0.0338. The zero-order valence-electron chi connectivity index (χ0n) is 64.9. The van der Waals surface area contributed by atoms with Crippen molar-refractivity contribution in [1.82, 2.24) is 0 Å². The Bertz CT molecular complexity index is 3170. The van der Waals surface area contributed by atoms with Crippen LogP contribution in [0.25, 0.3) is 0 Å². The van der Waals surface area contributed by atoms with E-state index >= 15 is 0 Å². The lowest BCUT2D eigenvalue weighted by atomic mass is 9.78. The topological polar surface area (TPSA) is 382 Å². The molecule has 0 aromatic heterocycles. The number of hydrogen-bond acceptors (Lipinski definition) is 41. The largest absolute Gasteiger partial charge is 0.490 e. The zero-order valence-corrected chi connectivity index (χ0v) is 72.2. The van der Waals surface area contributed by atoms with Crippen molar-refractivity contribution in [2.75, 3.05) is 184 Å². The van der Waals surface area contributed by atoms with Crippen LogP contribution in [0.1, 0.15) is 83.3 Å². The average Bonchev–Trinajstić information content (AvgIpc) is 0.895. The van der Waals surface area contributed by atoms with Gasteiger partial charge in [-0.3, -0.25) is 9.59 Å². The minimum atomic E-state index is -0.554. The van der Waals surface area contributed by atoms with E-state index in [-0.39, 0.29) is 109 Å². The molecule has 41 heteroatoms. The molecule has 1 aliphatic carbocycles. The highest BCUT2D eigenvalue weighted by molar-refractivity contribution is 8.15. The smallest absolute Gasteiger partial charge is 0.367 e. The van der Waals surface area contributed by atoms with Crippen LogP contribution >= 0.6 is 106 Å². The fraction of sp³-hybridized carbons (Fsp3) is 0.693. The summed E-state index contributed by atoms with van der Waals surface area (Å²) in [6, 6.07) is 16.0. The SMILES string of the molecule is CC(C)(c1ccc(OCC2CSC(=O)O2)cc1)c1ccc(OCC2CSC(=O)O2)cc1.CCCCOCC1CSC(=O)O1.O=C1OC(COC(=O)C2CCCCC2C(=O)OCC2CSC(=O)O2)CS1.O=C1OC(COCCCCOCC2CSC(=O)O2)CS1.O=C1OC(COCCOCCOCCOCCOCC2CSC(=O)O2)CS1. The summed E-state index contributed by atoms with van der Waals surface area (Å²) in [6.07, 6.45) is 5.08. The van der Waals surface area contributed by atoms with Gasteiger partial charge >= 0.3 is 59.7 Å². The van der Waals surface area contributed by atoms with E-state index in [1.165, 1.54) is 82.3 Å². The second-order valence-corrected chi connectivity index (χ2v) is 35.6. The van der Waals surface area contributed by atoms with E-state index in [0.717, 1.165) is 97.0 Å². The minimum absolute atomic E-state index is 0.00505. The first-order chi connectivity index (χ1) is 56.2. The Morgan fingerprint density at radius 1 is 0.310 bits per heavy atom. The van der Waals surface area contributed by atoms with Crippen LogP contribution in [0, 0.1) is 11.8 Å². The van der Waals surface area contributed by atoms with Gasteiger partial charge in [-0.25, -0.2) is 43.2 Å². The third-order valence-electron chi connectivity index (χ3n) is 17.5. The van der Waals surface area contributed by atoms with E-state index in [2.05, 4.69) is 45.0 Å². The highest BCUT2D eigenvalue weighted by Crippen LogP contribution is 2.36. The molecule has 1 saturated carbocycles. The molecule has 648 valence electrons. The van der Waals surface area contributed by atoms with Crippen molar-refractivity contribution in [2.45, 2.75) is 132 Å². The summed E-state index contributed by atoms with van der Waals surface area (Å²) in [4.78, 5) is 123. The van der Waals surface area contributed by atoms with Crippen LogP contribution < -0.4 is 9.47 Å². The third kappa shape index (κ3) is 38.4. The van der Waals surface area contributed by atoms with Crippen LogP contribution in [-0.4, -0.2) is 298 Å². The molecule has 9 aliphatic heterocycles. The molecule has 2 aromatic carbocycles. The van der Waals surface area contributed by atoms with Crippen LogP contribution in [0.4, 0.5) is 43.2 Å². The van der Waals surface area contributed by atoms with Crippen LogP contribution in [0.5, 0.6) is 11.5 Å². The maximum Gasteiger partial charge on any atom is 0.367 e. The standard InChI is InChI=1S/C23H24O6S2.C16H26O9S2.C16H20O8S2.C12H18O6S2.C8H14O3S/c1-23(2,15-3-7-17(8-4-15)26-11-19-13-30-21(24)28-19)16-5-9-18(10-6-16)27-12-20-14-31-22(25)29-20;17-15-24-13(11-26-15)9-22-7-5-20-3-1-19-2-4-21-6-8-23-10-14-12-27-16(18)25-14;17-13(21-5-9-7-25-15(19)23-9)11-3-1-2-4-12(11)14(18)22-6-10-8-26-16(20)24-10;13-11-17-9(7-19-11)5-15-3-1-2-4-16-6-10-8-20-12(14)18-10;1-2-3-4-10-5-7-6-12-8(9)11-7/h3-10,19-20H,11-14H2,1-2H3;13-14H,1-12H2;9-12H,1-8H2;9-10H,1-8H2;7H,2-6H2,1H3. The molecular formula is C75H102O32S9. The fourth-order valence-corrected chi connectivity index (χ4v) is 17.5. The molecule has 0 N–H and O–H groups in total. The number of hydrogen-bond donors (Lipinski definition) is 0. The van der Waals surface area contributed by atoms with Crippen molar-refractivity contribution in [1.29, 1.82) is 0 Å². The predicted molar refractivity (Wildman–Crippen MR) is 439 cm³/mol. The molecule has 9 heterocycles. The molecule has 0 bridgehead atoms. The second-order valence-electron chi connectivity index (χ2n) is 27.0. The van der Waals surface area contributed by atoms with Gasteiger partial charge in [0.1, 0.15) is 92.9 Å². The van der Waals surface area contributed by atoms with Gasteiger partial charge in [0, 0.05) is 77.0 Å². The molecule has 0 radical (unpaired) electrons. The summed E-state index contributed by atoms with van der Waals surface area (Å²) in [7, 11) is 0. The van der Waals surface area contributed by atoms with E-state index in [4.69, 9.17) is 99.5 Å². The molecule has 11 unspecified atom stereocenters. The van der Waals surface area contributed by atoms with E-state index in [0.29, 0.717) is 171 Å². The first kappa shape index (κ1) is 96.5. The minimum Gasteiger partial charge on any atom is -0.490 e. The number of thioether (sulfide) groups is 9. The van der Waals surface area contributed by atoms with Crippen molar-refractivity contribution in [2.24, 2.45) is 11.8 Å². The summed E-state index contributed by atoms with van der Waals surface area (Å²) in [6.45, 7) is 15.3. The Morgan fingerprint density at radius 2 is 0.534 bits per heavy atom. The first-order valence-corrected chi connectivity index (χ1v) is 47.0. The molecular weight excluding hydrogens is 1700 g/mol. The van der Waals surface area contributed by atoms with E-state index in [1.54, 1.807) is 0 Å². The molecule has 10 aliphatic rings. The van der Waals surface area contributed by atoms with Gasteiger partial charge in [-0.05, 0) is 173 Å². The summed E-state index contributed by atoms with van der Waals surface area (Å²) < 4.78 is 110. The molecule has 0 amide bonds. The highest BCUT2D eigenvalue weighted by Gasteiger charge is 2.40. The summed E-state index contributed by atoms with van der Waals surface area (Å²) >= 11 is 10.4. The Kier molecular flexibility index (Phi) is 45.9. The normalized spacial score (nSPS) is 24.6. The number of rotatable bonds is 44. The van der Waals surface area contributed by atoms with E-state index in [9.17, 15) is 52.7 Å². The number of unbranched alkanes of at least 4 members (excludes halogenated alkanes) is 2. The van der Waals surface area contributed by atoms with Gasteiger partial charge in [-0.15, -0.1) is 0 Å². The maximum absolute atomic E-state index is 12.4. The van der Waals surface area contributed by atoms with Gasteiger partial charge in [-0.2, -0.15) is 0 Å². The molecule has 0 spiro atoms. The number of carbonyl (C=O) groups excluding carboxylic acids is 11. The second kappa shape index (κ2) is 55.1. The van der Waals surface area contributed by atoms with Crippen molar-refractivity contribution in [3.8, 4) is 11.5 Å². The molecule has 12 rings (SSSR count). The lowest BCUT2D eigenvalue weighted by Gasteiger charge is -2.28. The Labute approximate surface area is 712 Å². The summed E-state index contributed by atoms with van der Waals surface area (Å²) in [5.74, 6) is 5.07. The average molecular weight is 1800 g/mol. The van der Waals surface area contributed by atoms with Crippen LogP contribution in [0.2, 0.25) is 0 Å². The zero-order chi connectivity index (χ0) is 82.5. The van der Waals surface area contributed by atoms with Crippen molar-refractivity contribution >= 4 is 166 Å².